The maximum Gasteiger partial charge on any atom is 0.253 e. The lowest BCUT2D eigenvalue weighted by Crippen LogP contribution is -2.56. The molecule has 0 saturated heterocycles. The van der Waals surface area contributed by atoms with Gasteiger partial charge < -0.3 is 15.4 Å². The molecule has 3 N–H and O–H groups in total. The fourth-order valence-electron chi connectivity index (χ4n) is 2.49. The molecular weight excluding hydrogens is 228 g/mol. The molecule has 4 nitrogen and oxygen atoms in total. The lowest BCUT2D eigenvalue weighted by Gasteiger charge is -2.40. The van der Waals surface area contributed by atoms with Crippen LogP contribution in [0.1, 0.15) is 29.6 Å². The minimum Gasteiger partial charge on any atom is -0.394 e. The number of rotatable bonds is 3. The molecule has 1 fully saturated rings. The summed E-state index contributed by atoms with van der Waals surface area (Å²) in [5, 5.41) is 13.3. The van der Waals surface area contributed by atoms with Gasteiger partial charge in [-0.05, 0) is 25.3 Å². The second kappa shape index (κ2) is 4.14. The summed E-state index contributed by atoms with van der Waals surface area (Å²) < 4.78 is 0. The number of amides is 1. The Kier molecular flexibility index (Phi) is 2.59. The van der Waals surface area contributed by atoms with Crippen LogP contribution in [0.2, 0.25) is 0 Å². The zero-order valence-electron chi connectivity index (χ0n) is 10.1. The van der Waals surface area contributed by atoms with Gasteiger partial charge in [-0.1, -0.05) is 18.2 Å². The summed E-state index contributed by atoms with van der Waals surface area (Å²) in [6.45, 7) is 0.0150. The summed E-state index contributed by atoms with van der Waals surface area (Å²) in [4.78, 5) is 15.3. The van der Waals surface area contributed by atoms with Gasteiger partial charge in [0, 0.05) is 17.1 Å². The number of para-hydroxylation sites is 1. The Labute approximate surface area is 105 Å². The van der Waals surface area contributed by atoms with Crippen molar-refractivity contribution >= 4 is 16.8 Å². The van der Waals surface area contributed by atoms with E-state index in [-0.39, 0.29) is 12.5 Å². The summed E-state index contributed by atoms with van der Waals surface area (Å²) in [5.74, 6) is -0.110. The minimum absolute atomic E-state index is 0.0150. The van der Waals surface area contributed by atoms with Crippen molar-refractivity contribution in [1.82, 2.24) is 10.3 Å². The van der Waals surface area contributed by atoms with Crippen molar-refractivity contribution in [3.8, 4) is 0 Å². The SMILES string of the molecule is O=C(NC1(CO)CCC1)c1c[nH]c2ccccc12. The van der Waals surface area contributed by atoms with Gasteiger partial charge in [-0.25, -0.2) is 0 Å². The van der Waals surface area contributed by atoms with Gasteiger partial charge >= 0.3 is 0 Å². The smallest absolute Gasteiger partial charge is 0.253 e. The van der Waals surface area contributed by atoms with Crippen LogP contribution < -0.4 is 5.32 Å². The van der Waals surface area contributed by atoms with Crippen LogP contribution in [0.15, 0.2) is 30.5 Å². The maximum atomic E-state index is 12.2. The molecule has 1 aliphatic rings. The Morgan fingerprint density at radius 1 is 1.39 bits per heavy atom. The van der Waals surface area contributed by atoms with E-state index in [0.717, 1.165) is 30.2 Å². The summed E-state index contributed by atoms with van der Waals surface area (Å²) in [6, 6.07) is 7.71. The van der Waals surface area contributed by atoms with E-state index in [9.17, 15) is 9.90 Å². The monoisotopic (exact) mass is 244 g/mol. The highest BCUT2D eigenvalue weighted by Gasteiger charge is 2.38. The van der Waals surface area contributed by atoms with E-state index in [0.29, 0.717) is 5.56 Å². The van der Waals surface area contributed by atoms with Gasteiger partial charge in [-0.2, -0.15) is 0 Å². The van der Waals surface area contributed by atoms with Crippen LogP contribution in [-0.4, -0.2) is 28.1 Å². The quantitative estimate of drug-likeness (QED) is 0.771. The fraction of sp³-hybridized carbons (Fsp3) is 0.357. The first-order chi connectivity index (χ1) is 8.74. The maximum absolute atomic E-state index is 12.2. The molecule has 0 unspecified atom stereocenters. The van der Waals surface area contributed by atoms with E-state index in [2.05, 4.69) is 10.3 Å². The van der Waals surface area contributed by atoms with Crippen molar-refractivity contribution in [1.29, 1.82) is 0 Å². The van der Waals surface area contributed by atoms with Crippen molar-refractivity contribution in [3.05, 3.63) is 36.0 Å². The van der Waals surface area contributed by atoms with Gasteiger partial charge in [0.15, 0.2) is 0 Å². The van der Waals surface area contributed by atoms with Crippen LogP contribution in [0, 0.1) is 0 Å². The van der Waals surface area contributed by atoms with Gasteiger partial charge in [0.1, 0.15) is 0 Å². The van der Waals surface area contributed by atoms with E-state index in [4.69, 9.17) is 0 Å². The number of H-pyrrole nitrogens is 1. The second-order valence-electron chi connectivity index (χ2n) is 4.99. The van der Waals surface area contributed by atoms with E-state index in [1.807, 2.05) is 24.3 Å². The van der Waals surface area contributed by atoms with Gasteiger partial charge in [-0.15, -0.1) is 0 Å². The number of nitrogens with one attached hydrogen (secondary N) is 2. The molecule has 1 aromatic carbocycles. The van der Waals surface area contributed by atoms with Crippen LogP contribution in [0.3, 0.4) is 0 Å². The molecule has 0 bridgehead atoms. The van der Waals surface area contributed by atoms with Crippen LogP contribution in [0.5, 0.6) is 0 Å². The van der Waals surface area contributed by atoms with Crippen LogP contribution in [0.4, 0.5) is 0 Å². The van der Waals surface area contributed by atoms with E-state index in [1.54, 1.807) is 6.20 Å². The lowest BCUT2D eigenvalue weighted by molar-refractivity contribution is 0.0643. The third kappa shape index (κ3) is 1.69. The predicted octanol–water partition coefficient (Wildman–Crippen LogP) is 1.81. The molecule has 1 saturated carbocycles. The van der Waals surface area contributed by atoms with Crippen molar-refractivity contribution in [2.24, 2.45) is 0 Å². The summed E-state index contributed by atoms with van der Waals surface area (Å²) in [5.41, 5.74) is 1.20. The molecule has 4 heteroatoms. The Bertz CT molecular complexity index is 579. The number of aromatic nitrogens is 1. The Morgan fingerprint density at radius 2 is 2.17 bits per heavy atom. The first kappa shape index (κ1) is 11.3. The molecular formula is C14H16N2O2. The zero-order valence-corrected chi connectivity index (χ0v) is 10.1. The normalized spacial score (nSPS) is 17.4. The lowest BCUT2D eigenvalue weighted by atomic mass is 9.77. The van der Waals surface area contributed by atoms with Gasteiger partial charge in [-0.3, -0.25) is 4.79 Å². The van der Waals surface area contributed by atoms with Crippen molar-refractivity contribution in [3.63, 3.8) is 0 Å². The number of hydrogen-bond acceptors (Lipinski definition) is 2. The molecule has 3 rings (SSSR count). The van der Waals surface area contributed by atoms with Crippen molar-refractivity contribution in [2.45, 2.75) is 24.8 Å². The van der Waals surface area contributed by atoms with E-state index < -0.39 is 5.54 Å². The molecule has 2 aromatic rings. The molecule has 0 spiro atoms. The molecule has 18 heavy (non-hydrogen) atoms. The van der Waals surface area contributed by atoms with Crippen LogP contribution in [0.25, 0.3) is 10.9 Å². The second-order valence-corrected chi connectivity index (χ2v) is 4.99. The molecule has 94 valence electrons. The van der Waals surface area contributed by atoms with Gasteiger partial charge in [0.05, 0.1) is 17.7 Å². The predicted molar refractivity (Wildman–Crippen MR) is 69.4 cm³/mol. The topological polar surface area (TPSA) is 65.1 Å². The molecule has 0 aliphatic heterocycles. The van der Waals surface area contributed by atoms with Crippen molar-refractivity contribution in [2.75, 3.05) is 6.61 Å². The average molecular weight is 244 g/mol. The van der Waals surface area contributed by atoms with E-state index >= 15 is 0 Å². The summed E-state index contributed by atoms with van der Waals surface area (Å²) in [6.07, 6.45) is 4.51. The zero-order chi connectivity index (χ0) is 12.6. The third-order valence-corrected chi connectivity index (χ3v) is 3.83. The molecule has 1 aliphatic carbocycles. The number of aliphatic hydroxyl groups excluding tert-OH is 1. The number of hydrogen-bond donors (Lipinski definition) is 3. The van der Waals surface area contributed by atoms with E-state index in [1.165, 1.54) is 0 Å². The molecule has 1 amide bonds. The highest BCUT2D eigenvalue weighted by atomic mass is 16.3. The largest absolute Gasteiger partial charge is 0.394 e. The average Bonchev–Trinajstić information content (AvgIpc) is 2.77. The Hall–Kier alpha value is -1.81. The molecule has 1 heterocycles. The number of aliphatic hydroxyl groups is 1. The number of carbonyl (C=O) groups excluding carboxylic acids is 1. The van der Waals surface area contributed by atoms with Gasteiger partial charge in [0.25, 0.3) is 5.91 Å². The highest BCUT2D eigenvalue weighted by Crippen LogP contribution is 2.31. The number of fused-ring (bicyclic) bond motifs is 1. The number of carbonyl (C=O) groups is 1. The number of aromatic amines is 1. The van der Waals surface area contributed by atoms with Crippen LogP contribution in [-0.2, 0) is 0 Å². The first-order valence-corrected chi connectivity index (χ1v) is 6.24. The Morgan fingerprint density at radius 3 is 2.83 bits per heavy atom. The Balaban J connectivity index is 1.88. The fourth-order valence-corrected chi connectivity index (χ4v) is 2.49. The summed E-state index contributed by atoms with van der Waals surface area (Å²) in [7, 11) is 0. The molecule has 0 atom stereocenters. The molecule has 1 aromatic heterocycles. The van der Waals surface area contributed by atoms with Crippen LogP contribution >= 0.6 is 0 Å². The highest BCUT2D eigenvalue weighted by molar-refractivity contribution is 6.07. The first-order valence-electron chi connectivity index (χ1n) is 6.24. The number of benzene rings is 1. The third-order valence-electron chi connectivity index (χ3n) is 3.83. The molecule has 0 radical (unpaired) electrons. The summed E-state index contributed by atoms with van der Waals surface area (Å²) >= 11 is 0. The van der Waals surface area contributed by atoms with Crippen molar-refractivity contribution < 1.29 is 9.90 Å². The minimum atomic E-state index is -0.393. The van der Waals surface area contributed by atoms with Gasteiger partial charge in [0.2, 0.25) is 0 Å². The standard InChI is InChI=1S/C14H16N2O2/c17-9-14(6-3-7-14)16-13(18)11-8-15-12-5-2-1-4-10(11)12/h1-2,4-5,8,15,17H,3,6-7,9H2,(H,16,18).